The molecule has 0 aliphatic carbocycles. The molecule has 0 saturated carbocycles. The molecule has 0 bridgehead atoms. The zero-order valence-corrected chi connectivity index (χ0v) is 17.2. The summed E-state index contributed by atoms with van der Waals surface area (Å²) in [6.45, 7) is 9.99. The van der Waals surface area contributed by atoms with Crippen LogP contribution in [-0.4, -0.2) is 32.3 Å². The number of amides is 1. The van der Waals surface area contributed by atoms with Crippen LogP contribution in [0.3, 0.4) is 0 Å². The number of nitrogens with one attached hydrogen (secondary N) is 1. The van der Waals surface area contributed by atoms with Gasteiger partial charge in [-0.2, -0.15) is 0 Å². The van der Waals surface area contributed by atoms with Gasteiger partial charge in [-0.25, -0.2) is 0 Å². The predicted molar refractivity (Wildman–Crippen MR) is 117 cm³/mol. The Labute approximate surface area is 170 Å². The number of hydrogen-bond donors (Lipinski definition) is 1. The van der Waals surface area contributed by atoms with Crippen molar-refractivity contribution in [1.82, 2.24) is 5.32 Å². The molecule has 0 atom stereocenters. The number of nitrogens with zero attached hydrogens (tertiary/aromatic N) is 1. The Morgan fingerprint density at radius 2 is 1.75 bits per heavy atom. The Kier molecular flexibility index (Phi) is 7.74. The van der Waals surface area contributed by atoms with Crippen molar-refractivity contribution in [3.8, 4) is 5.75 Å². The minimum atomic E-state index is -0.517. The van der Waals surface area contributed by atoms with E-state index in [4.69, 9.17) is 12.6 Å². The molecule has 2 aromatic carbocycles. The number of hydrogen-bond acceptors (Lipinski definition) is 3. The molecule has 0 unspecified atom stereocenters. The topological polar surface area (TPSA) is 41.6 Å². The van der Waals surface area contributed by atoms with Crippen LogP contribution in [0.15, 0.2) is 66.2 Å². The van der Waals surface area contributed by atoms with Crippen molar-refractivity contribution in [1.29, 1.82) is 0 Å². The lowest BCUT2D eigenvalue weighted by atomic mass is 10.0. The van der Waals surface area contributed by atoms with Crippen molar-refractivity contribution in [3.05, 3.63) is 71.8 Å². The second-order valence-electron chi connectivity index (χ2n) is 7.80. The van der Waals surface area contributed by atoms with Crippen LogP contribution in [0.1, 0.15) is 33.3 Å². The fourth-order valence-corrected chi connectivity index (χ4v) is 2.90. The fourth-order valence-electron chi connectivity index (χ4n) is 2.90. The maximum atomic E-state index is 11.3. The Balaban J connectivity index is 2.09. The Morgan fingerprint density at radius 1 is 1.11 bits per heavy atom. The van der Waals surface area contributed by atoms with Crippen molar-refractivity contribution >= 4 is 19.3 Å². The predicted octanol–water partition coefficient (Wildman–Crippen LogP) is 4.69. The molecule has 1 N–H and O–H groups in total. The van der Waals surface area contributed by atoms with Crippen LogP contribution in [-0.2, 0) is 6.61 Å². The summed E-state index contributed by atoms with van der Waals surface area (Å²) < 4.78 is 5.87. The van der Waals surface area contributed by atoms with Gasteiger partial charge in [0.2, 0.25) is 7.85 Å². The average Bonchev–Trinajstić information content (AvgIpc) is 2.63. The van der Waals surface area contributed by atoms with Crippen molar-refractivity contribution < 1.29 is 9.53 Å². The van der Waals surface area contributed by atoms with Gasteiger partial charge >= 0.3 is 0 Å². The highest BCUT2D eigenvalue weighted by molar-refractivity contribution is 6.57. The van der Waals surface area contributed by atoms with E-state index in [0.29, 0.717) is 13.2 Å². The van der Waals surface area contributed by atoms with Gasteiger partial charge in [-0.05, 0) is 57.5 Å². The molecular weight excluding hydrogens is 347 g/mol. The number of rotatable bonds is 9. The van der Waals surface area contributed by atoms with E-state index in [1.54, 1.807) is 0 Å². The molecule has 146 valence electrons. The van der Waals surface area contributed by atoms with Gasteiger partial charge in [0.15, 0.2) is 5.81 Å². The van der Waals surface area contributed by atoms with Crippen molar-refractivity contribution in [2.75, 3.05) is 18.0 Å². The third-order valence-electron chi connectivity index (χ3n) is 4.22. The first kappa shape index (κ1) is 21.6. The van der Waals surface area contributed by atoms with E-state index in [9.17, 15) is 4.79 Å². The summed E-state index contributed by atoms with van der Waals surface area (Å²) in [4.78, 5) is 13.5. The fraction of sp³-hybridized carbons (Fsp3) is 0.348. The van der Waals surface area contributed by atoms with Gasteiger partial charge in [0, 0.05) is 18.8 Å². The lowest BCUT2D eigenvalue weighted by molar-refractivity contribution is 0.250. The highest BCUT2D eigenvalue weighted by atomic mass is 16.5. The zero-order valence-electron chi connectivity index (χ0n) is 17.2. The van der Waals surface area contributed by atoms with Crippen LogP contribution < -0.4 is 15.0 Å². The van der Waals surface area contributed by atoms with Gasteiger partial charge in [-0.15, -0.1) is 0 Å². The molecular formula is C23H29BN2O2. The number of benzene rings is 2. The molecule has 0 spiro atoms. The second kappa shape index (κ2) is 10.0. The highest BCUT2D eigenvalue weighted by Crippen LogP contribution is 2.22. The van der Waals surface area contributed by atoms with Crippen LogP contribution in [0.4, 0.5) is 10.5 Å². The molecule has 0 aromatic heterocycles. The van der Waals surface area contributed by atoms with Crippen LogP contribution in [0.2, 0.25) is 0 Å². The normalized spacial score (nSPS) is 10.9. The minimum Gasteiger partial charge on any atom is -0.489 e. The molecule has 2 aromatic rings. The lowest BCUT2D eigenvalue weighted by Gasteiger charge is -2.34. The smallest absolute Gasteiger partial charge is 0.200 e. The first-order valence-electron chi connectivity index (χ1n) is 9.48. The van der Waals surface area contributed by atoms with E-state index >= 15 is 0 Å². The summed E-state index contributed by atoms with van der Waals surface area (Å²) >= 11 is 0. The van der Waals surface area contributed by atoms with E-state index in [1.165, 1.54) is 5.57 Å². The monoisotopic (exact) mass is 376 g/mol. The quantitative estimate of drug-likeness (QED) is 0.510. The summed E-state index contributed by atoms with van der Waals surface area (Å²) in [5.41, 5.74) is 2.98. The summed E-state index contributed by atoms with van der Waals surface area (Å²) in [7, 11) is 5.32. The summed E-state index contributed by atoms with van der Waals surface area (Å²) in [5, 5.41) is 2.81. The second-order valence-corrected chi connectivity index (χ2v) is 7.80. The summed E-state index contributed by atoms with van der Waals surface area (Å²) in [5.74, 6) is 0.307. The first-order valence-corrected chi connectivity index (χ1v) is 9.48. The van der Waals surface area contributed by atoms with Crippen molar-refractivity contribution in [2.24, 2.45) is 0 Å². The molecule has 5 heteroatoms. The Morgan fingerprint density at radius 3 is 2.32 bits per heavy atom. The molecule has 2 radical (unpaired) electrons. The van der Waals surface area contributed by atoms with Gasteiger partial charge in [0.25, 0.3) is 0 Å². The molecule has 2 rings (SSSR count). The van der Waals surface area contributed by atoms with E-state index < -0.39 is 11.3 Å². The molecule has 0 heterocycles. The van der Waals surface area contributed by atoms with Crippen LogP contribution in [0, 0.1) is 0 Å². The van der Waals surface area contributed by atoms with Crippen LogP contribution in [0.5, 0.6) is 5.75 Å². The van der Waals surface area contributed by atoms with Gasteiger partial charge in [-0.3, -0.25) is 4.79 Å². The maximum absolute atomic E-state index is 11.3. The van der Waals surface area contributed by atoms with Gasteiger partial charge in [-0.1, -0.05) is 42.0 Å². The first-order chi connectivity index (χ1) is 13.2. The molecule has 4 nitrogen and oxygen atoms in total. The number of ether oxygens (including phenoxy) is 1. The number of carbonyl (C=O) groups is 1. The SMILES string of the molecule is [B]C(=O)NC(C)(C)CN(CC=C(C)C)c1ccc(OCc2ccccc2)cc1. The van der Waals surface area contributed by atoms with Gasteiger partial charge < -0.3 is 15.0 Å². The average molecular weight is 376 g/mol. The molecule has 28 heavy (non-hydrogen) atoms. The number of anilines is 1. The van der Waals surface area contributed by atoms with Crippen LogP contribution in [0.25, 0.3) is 0 Å². The molecule has 1 amide bonds. The van der Waals surface area contributed by atoms with Gasteiger partial charge in [0.1, 0.15) is 12.4 Å². The zero-order chi connectivity index (χ0) is 20.6. The third-order valence-corrected chi connectivity index (χ3v) is 4.22. The standard InChI is InChI=1S/C23H29BN2O2/c1-18(2)14-15-26(17-23(3,4)25-22(24)27)20-10-12-21(13-11-20)28-16-19-8-6-5-7-9-19/h5-14H,15-17H2,1-4H3,(H,25,27). The molecule has 0 aliphatic heterocycles. The summed E-state index contributed by atoms with van der Waals surface area (Å²) in [6, 6.07) is 18.1. The Bertz CT molecular complexity index is 782. The number of allylic oxidation sites excluding steroid dienone is 1. The molecule has 0 saturated heterocycles. The Hall–Kier alpha value is -2.69. The van der Waals surface area contributed by atoms with Crippen molar-refractivity contribution in [2.45, 2.75) is 39.8 Å². The third kappa shape index (κ3) is 7.51. The van der Waals surface area contributed by atoms with E-state index in [-0.39, 0.29) is 0 Å². The lowest BCUT2D eigenvalue weighted by Crippen LogP contribution is -2.51. The minimum absolute atomic E-state index is 0.455. The molecule has 0 aliphatic rings. The largest absolute Gasteiger partial charge is 0.489 e. The van der Waals surface area contributed by atoms with E-state index in [0.717, 1.165) is 23.5 Å². The number of carbonyl (C=O) groups excluding carboxylic acids is 1. The van der Waals surface area contributed by atoms with Crippen molar-refractivity contribution in [3.63, 3.8) is 0 Å². The van der Waals surface area contributed by atoms with Crippen LogP contribution >= 0.6 is 0 Å². The molecule has 0 fully saturated rings. The summed E-state index contributed by atoms with van der Waals surface area (Å²) in [6.07, 6.45) is 2.17. The van der Waals surface area contributed by atoms with Gasteiger partial charge in [0.05, 0.1) is 5.54 Å². The maximum Gasteiger partial charge on any atom is 0.200 e. The highest BCUT2D eigenvalue weighted by Gasteiger charge is 2.22. The van der Waals surface area contributed by atoms with E-state index in [1.807, 2.05) is 68.4 Å². The van der Waals surface area contributed by atoms with E-state index in [2.05, 4.69) is 30.1 Å².